The SMILES string of the molecule is CC(Br)c1cnc(Br)s1. The van der Waals surface area contributed by atoms with Gasteiger partial charge < -0.3 is 0 Å². The molecule has 1 heterocycles. The number of halogens is 2. The zero-order valence-corrected chi connectivity index (χ0v) is 8.75. The quantitative estimate of drug-likeness (QED) is 0.713. The van der Waals surface area contributed by atoms with Gasteiger partial charge in [-0.15, -0.1) is 11.3 Å². The third-order valence-corrected chi connectivity index (χ3v) is 3.34. The van der Waals surface area contributed by atoms with E-state index in [1.807, 2.05) is 6.20 Å². The van der Waals surface area contributed by atoms with E-state index in [0.717, 1.165) is 3.92 Å². The average Bonchev–Trinajstić information content (AvgIpc) is 2.14. The summed E-state index contributed by atoms with van der Waals surface area (Å²) in [5.74, 6) is 0. The molecule has 1 rings (SSSR count). The second-order valence-corrected chi connectivity index (χ2v) is 5.34. The molecule has 4 heteroatoms. The van der Waals surface area contributed by atoms with Crippen LogP contribution >= 0.6 is 43.2 Å². The van der Waals surface area contributed by atoms with Crippen LogP contribution in [0.4, 0.5) is 0 Å². The van der Waals surface area contributed by atoms with Gasteiger partial charge in [0.05, 0.1) is 0 Å². The van der Waals surface area contributed by atoms with Crippen molar-refractivity contribution < 1.29 is 0 Å². The average molecular weight is 271 g/mol. The summed E-state index contributed by atoms with van der Waals surface area (Å²) in [5.41, 5.74) is 0. The number of alkyl halides is 1. The fourth-order valence-corrected chi connectivity index (χ4v) is 2.08. The molecule has 1 nitrogen and oxygen atoms in total. The molecule has 0 aromatic carbocycles. The Labute approximate surface area is 74.8 Å². The second-order valence-electron chi connectivity index (χ2n) is 1.63. The van der Waals surface area contributed by atoms with Crippen molar-refractivity contribution in [2.45, 2.75) is 11.8 Å². The van der Waals surface area contributed by atoms with E-state index < -0.39 is 0 Å². The standard InChI is InChI=1S/C5H5Br2NS/c1-3(6)4-2-8-5(7)9-4/h2-3H,1H3. The molecular weight excluding hydrogens is 266 g/mol. The first-order chi connectivity index (χ1) is 4.20. The molecule has 0 radical (unpaired) electrons. The molecular formula is C5H5Br2NS. The zero-order chi connectivity index (χ0) is 6.85. The second kappa shape index (κ2) is 3.12. The van der Waals surface area contributed by atoms with Crippen LogP contribution in [0.25, 0.3) is 0 Å². The van der Waals surface area contributed by atoms with Crippen LogP contribution in [0.15, 0.2) is 10.1 Å². The third kappa shape index (κ3) is 2.02. The van der Waals surface area contributed by atoms with Crippen molar-refractivity contribution in [3.05, 3.63) is 15.0 Å². The number of aromatic nitrogens is 1. The fourth-order valence-electron chi connectivity index (χ4n) is 0.448. The first-order valence-corrected chi connectivity index (χ1v) is 4.98. The Kier molecular flexibility index (Phi) is 2.67. The third-order valence-electron chi connectivity index (χ3n) is 0.887. The van der Waals surface area contributed by atoms with Gasteiger partial charge in [-0.05, 0) is 22.9 Å². The highest BCUT2D eigenvalue weighted by molar-refractivity contribution is 9.11. The summed E-state index contributed by atoms with van der Waals surface area (Å²) in [7, 11) is 0. The van der Waals surface area contributed by atoms with Gasteiger partial charge in [0.2, 0.25) is 0 Å². The van der Waals surface area contributed by atoms with E-state index in [2.05, 4.69) is 43.8 Å². The van der Waals surface area contributed by atoms with Crippen molar-refractivity contribution in [3.8, 4) is 0 Å². The lowest BCUT2D eigenvalue weighted by Gasteiger charge is -1.92. The number of hydrogen-bond donors (Lipinski definition) is 0. The molecule has 0 aliphatic carbocycles. The number of nitrogens with zero attached hydrogens (tertiary/aromatic N) is 1. The highest BCUT2D eigenvalue weighted by Crippen LogP contribution is 2.29. The van der Waals surface area contributed by atoms with Crippen LogP contribution in [-0.2, 0) is 0 Å². The van der Waals surface area contributed by atoms with E-state index >= 15 is 0 Å². The van der Waals surface area contributed by atoms with Crippen LogP contribution in [-0.4, -0.2) is 4.98 Å². The largest absolute Gasteiger partial charge is 0.237 e. The van der Waals surface area contributed by atoms with Crippen molar-refractivity contribution in [1.82, 2.24) is 4.98 Å². The van der Waals surface area contributed by atoms with E-state index in [1.165, 1.54) is 4.88 Å². The van der Waals surface area contributed by atoms with E-state index in [9.17, 15) is 0 Å². The lowest BCUT2D eigenvalue weighted by atomic mass is 10.4. The summed E-state index contributed by atoms with van der Waals surface area (Å²) in [6.45, 7) is 2.08. The van der Waals surface area contributed by atoms with Gasteiger partial charge in [0.15, 0.2) is 3.92 Å². The molecule has 0 fully saturated rings. The molecule has 1 aromatic rings. The van der Waals surface area contributed by atoms with E-state index in [0.29, 0.717) is 4.83 Å². The lowest BCUT2D eigenvalue weighted by molar-refractivity contribution is 1.15. The molecule has 50 valence electrons. The summed E-state index contributed by atoms with van der Waals surface area (Å²) in [6, 6.07) is 0. The lowest BCUT2D eigenvalue weighted by Crippen LogP contribution is -1.72. The van der Waals surface area contributed by atoms with Crippen molar-refractivity contribution in [2.24, 2.45) is 0 Å². The topological polar surface area (TPSA) is 12.9 Å². The van der Waals surface area contributed by atoms with Crippen LogP contribution in [0.5, 0.6) is 0 Å². The minimum Gasteiger partial charge on any atom is -0.237 e. The molecule has 0 saturated heterocycles. The van der Waals surface area contributed by atoms with Gasteiger partial charge in [-0.2, -0.15) is 0 Å². The Morgan fingerprint density at radius 3 is 2.67 bits per heavy atom. The van der Waals surface area contributed by atoms with Gasteiger partial charge >= 0.3 is 0 Å². The van der Waals surface area contributed by atoms with E-state index in [-0.39, 0.29) is 0 Å². The Balaban J connectivity index is 2.85. The smallest absolute Gasteiger partial charge is 0.159 e. The van der Waals surface area contributed by atoms with Crippen LogP contribution in [0.2, 0.25) is 0 Å². The monoisotopic (exact) mass is 269 g/mol. The van der Waals surface area contributed by atoms with E-state index in [1.54, 1.807) is 11.3 Å². The first kappa shape index (κ1) is 7.69. The summed E-state index contributed by atoms with van der Waals surface area (Å²) in [6.07, 6.45) is 1.87. The van der Waals surface area contributed by atoms with Gasteiger partial charge in [-0.3, -0.25) is 0 Å². The Morgan fingerprint density at radius 2 is 2.44 bits per heavy atom. The molecule has 1 aromatic heterocycles. The fraction of sp³-hybridized carbons (Fsp3) is 0.400. The highest BCUT2D eigenvalue weighted by Gasteiger charge is 2.03. The molecule has 0 N–H and O–H groups in total. The molecule has 0 bridgehead atoms. The van der Waals surface area contributed by atoms with Gasteiger partial charge in [0, 0.05) is 15.9 Å². The Morgan fingerprint density at radius 1 is 1.78 bits per heavy atom. The van der Waals surface area contributed by atoms with Crippen LogP contribution in [0.1, 0.15) is 16.6 Å². The molecule has 0 spiro atoms. The molecule has 0 saturated carbocycles. The highest BCUT2D eigenvalue weighted by atomic mass is 79.9. The molecule has 1 unspecified atom stereocenters. The first-order valence-electron chi connectivity index (χ1n) is 2.45. The molecule has 0 aliphatic heterocycles. The van der Waals surface area contributed by atoms with Gasteiger partial charge in [0.1, 0.15) is 0 Å². The van der Waals surface area contributed by atoms with Crippen molar-refractivity contribution in [3.63, 3.8) is 0 Å². The number of thiazole rings is 1. The predicted molar refractivity (Wildman–Crippen MR) is 47.2 cm³/mol. The van der Waals surface area contributed by atoms with Gasteiger partial charge in [-0.1, -0.05) is 15.9 Å². The molecule has 9 heavy (non-hydrogen) atoms. The van der Waals surface area contributed by atoms with Crippen LogP contribution in [0.3, 0.4) is 0 Å². The summed E-state index contributed by atoms with van der Waals surface area (Å²) >= 11 is 8.39. The number of hydrogen-bond acceptors (Lipinski definition) is 2. The Bertz CT molecular complexity index is 197. The van der Waals surface area contributed by atoms with Crippen LogP contribution in [0, 0.1) is 0 Å². The van der Waals surface area contributed by atoms with Crippen LogP contribution < -0.4 is 0 Å². The molecule has 0 aliphatic rings. The Hall–Kier alpha value is 0.590. The van der Waals surface area contributed by atoms with Crippen molar-refractivity contribution in [1.29, 1.82) is 0 Å². The van der Waals surface area contributed by atoms with Gasteiger partial charge in [0.25, 0.3) is 0 Å². The van der Waals surface area contributed by atoms with Gasteiger partial charge in [-0.25, -0.2) is 4.98 Å². The predicted octanol–water partition coefficient (Wildman–Crippen LogP) is 3.36. The minimum atomic E-state index is 0.418. The summed E-state index contributed by atoms with van der Waals surface area (Å²) in [5, 5.41) is 0. The number of rotatable bonds is 1. The summed E-state index contributed by atoms with van der Waals surface area (Å²) in [4.78, 5) is 5.71. The molecule has 1 atom stereocenters. The maximum Gasteiger partial charge on any atom is 0.159 e. The molecule has 0 amide bonds. The summed E-state index contributed by atoms with van der Waals surface area (Å²) < 4.78 is 0.948. The maximum atomic E-state index is 4.04. The van der Waals surface area contributed by atoms with Crippen molar-refractivity contribution in [2.75, 3.05) is 0 Å². The zero-order valence-electron chi connectivity index (χ0n) is 4.77. The van der Waals surface area contributed by atoms with Crippen molar-refractivity contribution >= 4 is 43.2 Å². The maximum absolute atomic E-state index is 4.04. The normalized spacial score (nSPS) is 13.7. The van der Waals surface area contributed by atoms with E-state index in [4.69, 9.17) is 0 Å². The minimum absolute atomic E-state index is 0.418.